The lowest BCUT2D eigenvalue weighted by Gasteiger charge is -2.40. The first-order chi connectivity index (χ1) is 9.93. The second-order valence-electron chi connectivity index (χ2n) is 4.95. The molecule has 4 atom stereocenters. The maximum atomic E-state index is 13.7. The van der Waals surface area contributed by atoms with E-state index in [9.17, 15) is 9.50 Å². The standard InChI is InChI=1S/C13H17ClFN3O2S/c1-6(21)7-3-4-9(10(19)11(7)20-2)17-12-8(15)5-16-13(14)18-12/h5,7,9-11,19,21H,1,3-4H2,2H3,(H,16,17,18)/t7?,9?,10-,11-/m1/s1. The van der Waals surface area contributed by atoms with Crippen molar-refractivity contribution in [3.8, 4) is 0 Å². The Labute approximate surface area is 133 Å². The highest BCUT2D eigenvalue weighted by Crippen LogP contribution is 2.34. The number of halogens is 2. The van der Waals surface area contributed by atoms with E-state index < -0.39 is 24.1 Å². The number of nitrogens with one attached hydrogen (secondary N) is 1. The lowest BCUT2D eigenvalue weighted by molar-refractivity contribution is -0.0636. The monoisotopic (exact) mass is 333 g/mol. The summed E-state index contributed by atoms with van der Waals surface area (Å²) in [4.78, 5) is 8.00. The van der Waals surface area contributed by atoms with Gasteiger partial charge in [0.05, 0.1) is 18.3 Å². The topological polar surface area (TPSA) is 67.3 Å². The first-order valence-electron chi connectivity index (χ1n) is 6.47. The fourth-order valence-corrected chi connectivity index (χ4v) is 3.01. The molecular weight excluding hydrogens is 317 g/mol. The number of anilines is 1. The molecule has 1 saturated carbocycles. The van der Waals surface area contributed by atoms with Crippen molar-refractivity contribution in [1.29, 1.82) is 0 Å². The van der Waals surface area contributed by atoms with E-state index in [4.69, 9.17) is 16.3 Å². The summed E-state index contributed by atoms with van der Waals surface area (Å²) in [6.45, 7) is 3.80. The Morgan fingerprint density at radius 3 is 2.95 bits per heavy atom. The fraction of sp³-hybridized carbons (Fsp3) is 0.538. The smallest absolute Gasteiger partial charge is 0.224 e. The van der Waals surface area contributed by atoms with Gasteiger partial charge in [-0.1, -0.05) is 6.58 Å². The Bertz CT molecular complexity index is 534. The number of aliphatic hydroxyl groups excluding tert-OH is 1. The molecule has 0 radical (unpaired) electrons. The second-order valence-corrected chi connectivity index (χ2v) is 5.86. The first kappa shape index (κ1) is 16.5. The van der Waals surface area contributed by atoms with Crippen LogP contribution in [0.15, 0.2) is 17.7 Å². The zero-order valence-electron chi connectivity index (χ0n) is 11.5. The van der Waals surface area contributed by atoms with Gasteiger partial charge in [0, 0.05) is 13.0 Å². The Hall–Kier alpha value is -0.890. The minimum atomic E-state index is -0.842. The van der Waals surface area contributed by atoms with Gasteiger partial charge < -0.3 is 15.2 Å². The van der Waals surface area contributed by atoms with E-state index in [-0.39, 0.29) is 17.0 Å². The summed E-state index contributed by atoms with van der Waals surface area (Å²) in [5.41, 5.74) is 0. The van der Waals surface area contributed by atoms with Crippen LogP contribution in [0.5, 0.6) is 0 Å². The average Bonchev–Trinajstić information content (AvgIpc) is 2.44. The zero-order valence-corrected chi connectivity index (χ0v) is 13.1. The molecule has 2 unspecified atom stereocenters. The highest BCUT2D eigenvalue weighted by atomic mass is 35.5. The summed E-state index contributed by atoms with van der Waals surface area (Å²) in [5.74, 6) is -0.705. The van der Waals surface area contributed by atoms with Crippen LogP contribution in [0.2, 0.25) is 5.28 Å². The summed E-state index contributed by atoms with van der Waals surface area (Å²) in [6.07, 6.45) is 1.01. The molecule has 1 aromatic heterocycles. The van der Waals surface area contributed by atoms with Crippen molar-refractivity contribution in [2.45, 2.75) is 31.1 Å². The van der Waals surface area contributed by atoms with Gasteiger partial charge in [-0.05, 0) is 29.3 Å². The molecule has 0 aromatic carbocycles. The van der Waals surface area contributed by atoms with Crippen molar-refractivity contribution < 1.29 is 14.2 Å². The summed E-state index contributed by atoms with van der Waals surface area (Å²) >= 11 is 9.90. The predicted octanol–water partition coefficient (Wildman–Crippen LogP) is 2.28. The van der Waals surface area contributed by atoms with E-state index in [1.807, 2.05) is 0 Å². The molecule has 0 saturated heterocycles. The lowest BCUT2D eigenvalue weighted by atomic mass is 9.81. The first-order valence-corrected chi connectivity index (χ1v) is 7.29. The molecule has 21 heavy (non-hydrogen) atoms. The molecule has 0 aliphatic heterocycles. The maximum absolute atomic E-state index is 13.7. The van der Waals surface area contributed by atoms with Crippen LogP contribution in [0, 0.1) is 11.7 Å². The Morgan fingerprint density at radius 2 is 2.33 bits per heavy atom. The number of aliphatic hydroxyl groups is 1. The van der Waals surface area contributed by atoms with Gasteiger partial charge in [0.1, 0.15) is 6.10 Å². The fourth-order valence-electron chi connectivity index (χ4n) is 2.60. The van der Waals surface area contributed by atoms with Gasteiger partial charge in [-0.2, -0.15) is 4.98 Å². The van der Waals surface area contributed by atoms with E-state index in [0.29, 0.717) is 11.3 Å². The second kappa shape index (κ2) is 6.91. The molecule has 1 heterocycles. The van der Waals surface area contributed by atoms with Crippen LogP contribution in [0.1, 0.15) is 12.8 Å². The van der Waals surface area contributed by atoms with E-state index in [2.05, 4.69) is 34.5 Å². The summed E-state index contributed by atoms with van der Waals surface area (Å²) < 4.78 is 19.0. The molecule has 5 nitrogen and oxygen atoms in total. The van der Waals surface area contributed by atoms with Crippen molar-refractivity contribution in [3.63, 3.8) is 0 Å². The van der Waals surface area contributed by atoms with Crippen LogP contribution in [0.25, 0.3) is 0 Å². The molecule has 116 valence electrons. The molecule has 8 heteroatoms. The quantitative estimate of drug-likeness (QED) is 0.582. The number of methoxy groups -OCH3 is 1. The Kier molecular flexibility index (Phi) is 5.43. The molecule has 1 aromatic rings. The van der Waals surface area contributed by atoms with Crippen molar-refractivity contribution in [2.24, 2.45) is 5.92 Å². The third-order valence-corrected chi connectivity index (χ3v) is 4.18. The van der Waals surface area contributed by atoms with Crippen molar-refractivity contribution in [2.75, 3.05) is 12.4 Å². The van der Waals surface area contributed by atoms with Crippen molar-refractivity contribution in [1.82, 2.24) is 9.97 Å². The number of aromatic nitrogens is 2. The molecular formula is C13H17ClFN3O2S. The van der Waals surface area contributed by atoms with Crippen molar-refractivity contribution in [3.05, 3.63) is 28.8 Å². The molecule has 1 aliphatic carbocycles. The third kappa shape index (κ3) is 3.66. The third-order valence-electron chi connectivity index (χ3n) is 3.67. The number of nitrogens with zero attached hydrogens (tertiary/aromatic N) is 2. The molecule has 0 amide bonds. The Morgan fingerprint density at radius 1 is 1.62 bits per heavy atom. The van der Waals surface area contributed by atoms with Gasteiger partial charge in [-0.15, -0.1) is 12.6 Å². The molecule has 2 N–H and O–H groups in total. The number of hydrogen-bond acceptors (Lipinski definition) is 6. The van der Waals surface area contributed by atoms with E-state index in [1.54, 1.807) is 0 Å². The van der Waals surface area contributed by atoms with Crippen LogP contribution in [-0.2, 0) is 4.74 Å². The molecule has 2 rings (SSSR count). The van der Waals surface area contributed by atoms with Gasteiger partial charge in [0.2, 0.25) is 5.28 Å². The lowest BCUT2D eigenvalue weighted by Crippen LogP contribution is -2.50. The maximum Gasteiger partial charge on any atom is 0.224 e. The molecule has 1 fully saturated rings. The van der Waals surface area contributed by atoms with E-state index in [1.165, 1.54) is 7.11 Å². The van der Waals surface area contributed by atoms with Crippen molar-refractivity contribution >= 4 is 30.0 Å². The highest BCUT2D eigenvalue weighted by Gasteiger charge is 2.39. The van der Waals surface area contributed by atoms with Crippen LogP contribution in [0.4, 0.5) is 10.2 Å². The normalized spacial score (nSPS) is 29.2. The van der Waals surface area contributed by atoms with Gasteiger partial charge >= 0.3 is 0 Å². The largest absolute Gasteiger partial charge is 0.388 e. The van der Waals surface area contributed by atoms with Crippen LogP contribution in [0.3, 0.4) is 0 Å². The SMILES string of the molecule is C=C(S)C1CCC(Nc2nc(Cl)ncc2F)[C@@H](O)[C@@H]1OC. The number of ether oxygens (including phenoxy) is 1. The Balaban J connectivity index is 2.14. The van der Waals surface area contributed by atoms with E-state index >= 15 is 0 Å². The van der Waals surface area contributed by atoms with Gasteiger partial charge in [-0.25, -0.2) is 9.37 Å². The minimum absolute atomic E-state index is 0.0305. The average molecular weight is 334 g/mol. The van der Waals surface area contributed by atoms with E-state index in [0.717, 1.165) is 12.6 Å². The summed E-state index contributed by atoms with van der Waals surface area (Å²) in [6, 6.07) is -0.403. The summed E-state index contributed by atoms with van der Waals surface area (Å²) in [7, 11) is 1.52. The number of hydrogen-bond donors (Lipinski definition) is 3. The molecule has 0 bridgehead atoms. The highest BCUT2D eigenvalue weighted by molar-refractivity contribution is 7.84. The van der Waals surface area contributed by atoms with Gasteiger partial charge in [-0.3, -0.25) is 0 Å². The predicted molar refractivity (Wildman–Crippen MR) is 82.1 cm³/mol. The van der Waals surface area contributed by atoms with Gasteiger partial charge in [0.25, 0.3) is 0 Å². The van der Waals surface area contributed by atoms with Crippen LogP contribution >= 0.6 is 24.2 Å². The molecule has 0 spiro atoms. The van der Waals surface area contributed by atoms with Crippen LogP contribution < -0.4 is 5.32 Å². The minimum Gasteiger partial charge on any atom is -0.388 e. The number of thiol groups is 1. The van der Waals surface area contributed by atoms with Crippen LogP contribution in [-0.4, -0.2) is 40.4 Å². The molecule has 1 aliphatic rings. The zero-order chi connectivity index (χ0) is 15.6. The summed E-state index contributed by atoms with van der Waals surface area (Å²) in [5, 5.41) is 13.2. The van der Waals surface area contributed by atoms with Gasteiger partial charge in [0.15, 0.2) is 11.6 Å². The number of rotatable bonds is 4.